The first-order valence-corrected chi connectivity index (χ1v) is 8.64. The second-order valence-corrected chi connectivity index (χ2v) is 6.74. The lowest BCUT2D eigenvalue weighted by Gasteiger charge is -2.36. The molecule has 0 unspecified atom stereocenters. The van der Waals surface area contributed by atoms with Gasteiger partial charge >= 0.3 is 6.18 Å². The zero-order valence-corrected chi connectivity index (χ0v) is 14.0. The molecule has 2 aliphatic heterocycles. The topological polar surface area (TPSA) is 45.6 Å². The lowest BCUT2D eigenvalue weighted by atomic mass is 10.0. The van der Waals surface area contributed by atoms with E-state index < -0.39 is 17.3 Å². The summed E-state index contributed by atoms with van der Waals surface area (Å²) in [4.78, 5) is 28.3. The van der Waals surface area contributed by atoms with Crippen molar-refractivity contribution >= 4 is 5.91 Å². The van der Waals surface area contributed by atoms with Crippen molar-refractivity contribution in [3.63, 3.8) is 0 Å². The number of pyridine rings is 1. The lowest BCUT2D eigenvalue weighted by Crippen LogP contribution is -2.47. The van der Waals surface area contributed by atoms with Gasteiger partial charge < -0.3 is 14.4 Å². The third-order valence-electron chi connectivity index (χ3n) is 5.09. The van der Waals surface area contributed by atoms with Gasteiger partial charge in [0, 0.05) is 31.4 Å². The van der Waals surface area contributed by atoms with Gasteiger partial charge in [-0.15, -0.1) is 0 Å². The molecule has 0 aliphatic carbocycles. The second-order valence-electron chi connectivity index (χ2n) is 6.74. The average Bonchev–Trinajstić information content (AvgIpc) is 3.10. The van der Waals surface area contributed by atoms with Gasteiger partial charge in [-0.1, -0.05) is 0 Å². The molecule has 5 nitrogen and oxygen atoms in total. The number of likely N-dealkylation sites (tertiary alicyclic amines) is 2. The van der Waals surface area contributed by atoms with E-state index in [2.05, 4.69) is 4.90 Å². The van der Waals surface area contributed by atoms with E-state index in [1.54, 1.807) is 4.90 Å². The SMILES string of the molecule is O=C(Cn1cc(C(F)(F)F)ccc1=O)N1CCC(N2CCCC2)CC1. The molecule has 0 bridgehead atoms. The molecule has 2 fully saturated rings. The molecule has 138 valence electrons. The predicted molar refractivity (Wildman–Crippen MR) is 86.1 cm³/mol. The Bertz CT molecular complexity index is 672. The molecule has 3 rings (SSSR count). The fourth-order valence-electron chi connectivity index (χ4n) is 3.66. The van der Waals surface area contributed by atoms with Crippen molar-refractivity contribution in [2.75, 3.05) is 26.2 Å². The number of aromatic nitrogens is 1. The van der Waals surface area contributed by atoms with E-state index >= 15 is 0 Å². The maximum absolute atomic E-state index is 12.8. The van der Waals surface area contributed by atoms with Crippen LogP contribution >= 0.6 is 0 Å². The molecule has 0 aromatic carbocycles. The quantitative estimate of drug-likeness (QED) is 0.831. The third kappa shape index (κ3) is 4.23. The van der Waals surface area contributed by atoms with Crippen molar-refractivity contribution in [3.05, 3.63) is 34.2 Å². The van der Waals surface area contributed by atoms with Crippen LogP contribution in [-0.2, 0) is 17.5 Å². The van der Waals surface area contributed by atoms with Gasteiger partial charge in [0.25, 0.3) is 5.56 Å². The number of nitrogens with zero attached hydrogens (tertiary/aromatic N) is 3. The summed E-state index contributed by atoms with van der Waals surface area (Å²) in [6.45, 7) is 3.05. The molecule has 0 saturated carbocycles. The maximum Gasteiger partial charge on any atom is 0.417 e. The number of piperidine rings is 1. The standard InChI is InChI=1S/C17H22F3N3O2/c18-17(19,20)13-3-4-15(24)23(11-13)12-16(25)22-9-5-14(6-10-22)21-7-1-2-8-21/h3-4,11,14H,1-2,5-10,12H2. The van der Waals surface area contributed by atoms with E-state index in [1.165, 1.54) is 12.8 Å². The van der Waals surface area contributed by atoms with Crippen LogP contribution in [0.2, 0.25) is 0 Å². The molecule has 0 atom stereocenters. The van der Waals surface area contributed by atoms with Gasteiger partial charge in [-0.2, -0.15) is 13.2 Å². The smallest absolute Gasteiger partial charge is 0.341 e. The van der Waals surface area contributed by atoms with Crippen LogP contribution in [0.25, 0.3) is 0 Å². The molecular weight excluding hydrogens is 335 g/mol. The predicted octanol–water partition coefficient (Wildman–Crippen LogP) is 1.95. The van der Waals surface area contributed by atoms with Crippen LogP contribution in [0.1, 0.15) is 31.2 Å². The van der Waals surface area contributed by atoms with Gasteiger partial charge in [-0.25, -0.2) is 0 Å². The van der Waals surface area contributed by atoms with Crippen LogP contribution in [0.3, 0.4) is 0 Å². The number of carbonyl (C=O) groups is 1. The van der Waals surface area contributed by atoms with E-state index in [9.17, 15) is 22.8 Å². The van der Waals surface area contributed by atoms with Crippen LogP contribution in [-0.4, -0.2) is 52.5 Å². The van der Waals surface area contributed by atoms with E-state index in [0.717, 1.165) is 48.8 Å². The summed E-state index contributed by atoms with van der Waals surface area (Å²) in [6.07, 6.45) is 0.380. The molecule has 2 saturated heterocycles. The summed E-state index contributed by atoms with van der Waals surface area (Å²) in [5.41, 5.74) is -1.53. The molecule has 0 spiro atoms. The summed E-state index contributed by atoms with van der Waals surface area (Å²) in [5, 5.41) is 0. The number of hydrogen-bond donors (Lipinski definition) is 0. The Morgan fingerprint density at radius 1 is 1.08 bits per heavy atom. The van der Waals surface area contributed by atoms with Crippen molar-refractivity contribution in [3.8, 4) is 0 Å². The normalized spacial score (nSPS) is 20.2. The van der Waals surface area contributed by atoms with Crippen LogP contribution in [0.5, 0.6) is 0 Å². The van der Waals surface area contributed by atoms with E-state index in [1.807, 2.05) is 0 Å². The lowest BCUT2D eigenvalue weighted by molar-refractivity contribution is -0.139. The van der Waals surface area contributed by atoms with E-state index in [4.69, 9.17) is 0 Å². The highest BCUT2D eigenvalue weighted by atomic mass is 19.4. The Labute approximate surface area is 144 Å². The molecule has 8 heteroatoms. The zero-order chi connectivity index (χ0) is 18.0. The highest BCUT2D eigenvalue weighted by Crippen LogP contribution is 2.28. The molecule has 2 aliphatic rings. The molecule has 1 aromatic rings. The van der Waals surface area contributed by atoms with Crippen molar-refractivity contribution < 1.29 is 18.0 Å². The van der Waals surface area contributed by atoms with Crippen molar-refractivity contribution in [2.24, 2.45) is 0 Å². The Kier molecular flexibility index (Phi) is 5.17. The van der Waals surface area contributed by atoms with Gasteiger partial charge in [-0.05, 0) is 44.8 Å². The number of rotatable bonds is 3. The van der Waals surface area contributed by atoms with Gasteiger partial charge in [-0.3, -0.25) is 9.59 Å². The summed E-state index contributed by atoms with van der Waals surface area (Å²) >= 11 is 0. The minimum absolute atomic E-state index is 0.304. The summed E-state index contributed by atoms with van der Waals surface area (Å²) in [5.74, 6) is -0.304. The fraction of sp³-hybridized carbons (Fsp3) is 0.647. The van der Waals surface area contributed by atoms with Crippen LogP contribution in [0.15, 0.2) is 23.1 Å². The Hall–Kier alpha value is -1.83. The van der Waals surface area contributed by atoms with Gasteiger partial charge in [0.05, 0.1) is 5.56 Å². The van der Waals surface area contributed by atoms with Gasteiger partial charge in [0.15, 0.2) is 0 Å². The summed E-state index contributed by atoms with van der Waals surface area (Å²) < 4.78 is 39.1. The summed E-state index contributed by atoms with van der Waals surface area (Å²) in [6, 6.07) is 2.09. The largest absolute Gasteiger partial charge is 0.417 e. The van der Waals surface area contributed by atoms with Crippen LogP contribution < -0.4 is 5.56 Å². The van der Waals surface area contributed by atoms with Crippen molar-refractivity contribution in [1.29, 1.82) is 0 Å². The first kappa shape index (κ1) is 18.0. The van der Waals surface area contributed by atoms with E-state index in [0.29, 0.717) is 19.1 Å². The molecular formula is C17H22F3N3O2. The number of halogens is 3. The fourth-order valence-corrected chi connectivity index (χ4v) is 3.66. The highest BCUT2D eigenvalue weighted by Gasteiger charge is 2.32. The number of alkyl halides is 3. The molecule has 1 aromatic heterocycles. The molecule has 0 radical (unpaired) electrons. The monoisotopic (exact) mass is 357 g/mol. The zero-order valence-electron chi connectivity index (χ0n) is 14.0. The molecule has 0 N–H and O–H groups in total. The van der Waals surface area contributed by atoms with Crippen LogP contribution in [0.4, 0.5) is 13.2 Å². The molecule has 25 heavy (non-hydrogen) atoms. The first-order valence-electron chi connectivity index (χ1n) is 8.64. The second kappa shape index (κ2) is 7.19. The number of carbonyl (C=O) groups excluding carboxylic acids is 1. The number of amides is 1. The van der Waals surface area contributed by atoms with Crippen LogP contribution in [0, 0.1) is 0 Å². The highest BCUT2D eigenvalue weighted by molar-refractivity contribution is 5.76. The van der Waals surface area contributed by atoms with Crippen molar-refractivity contribution in [1.82, 2.24) is 14.4 Å². The summed E-state index contributed by atoms with van der Waals surface area (Å²) in [7, 11) is 0. The Morgan fingerprint density at radius 2 is 1.72 bits per heavy atom. The maximum atomic E-state index is 12.8. The Balaban J connectivity index is 1.60. The Morgan fingerprint density at radius 3 is 2.32 bits per heavy atom. The first-order chi connectivity index (χ1) is 11.8. The van der Waals surface area contributed by atoms with Gasteiger partial charge in [0.2, 0.25) is 5.91 Å². The molecule has 3 heterocycles. The van der Waals surface area contributed by atoms with E-state index in [-0.39, 0.29) is 12.5 Å². The van der Waals surface area contributed by atoms with Crippen molar-refractivity contribution in [2.45, 2.75) is 44.4 Å². The average molecular weight is 357 g/mol. The third-order valence-corrected chi connectivity index (χ3v) is 5.09. The minimum atomic E-state index is -4.54. The number of hydrogen-bond acceptors (Lipinski definition) is 3. The minimum Gasteiger partial charge on any atom is -0.341 e. The van der Waals surface area contributed by atoms with Gasteiger partial charge in [0.1, 0.15) is 6.54 Å². The molecule has 1 amide bonds.